The Bertz CT molecular complexity index is 445. The van der Waals surface area contributed by atoms with Crippen molar-refractivity contribution in [2.24, 2.45) is 0 Å². The van der Waals surface area contributed by atoms with Crippen molar-refractivity contribution >= 4 is 12.2 Å². The van der Waals surface area contributed by atoms with Crippen LogP contribution in [-0.2, 0) is 0 Å². The van der Waals surface area contributed by atoms with E-state index < -0.39 is 0 Å². The van der Waals surface area contributed by atoms with Gasteiger partial charge in [0, 0.05) is 0 Å². The van der Waals surface area contributed by atoms with Gasteiger partial charge in [-0.1, -0.05) is 11.1 Å². The van der Waals surface area contributed by atoms with Gasteiger partial charge < -0.3 is 0 Å². The minimum atomic E-state index is 0. The van der Waals surface area contributed by atoms with Gasteiger partial charge in [-0.05, 0) is 0 Å². The van der Waals surface area contributed by atoms with E-state index in [2.05, 4.69) is 60.7 Å². The molecule has 0 fully saturated rings. The van der Waals surface area contributed by atoms with Crippen LogP contribution in [0.2, 0.25) is 0 Å². The van der Waals surface area contributed by atoms with E-state index in [9.17, 15) is 0 Å². The van der Waals surface area contributed by atoms with Crippen molar-refractivity contribution in [1.29, 1.82) is 0 Å². The molecule has 2 aromatic carbocycles. The van der Waals surface area contributed by atoms with E-state index >= 15 is 0 Å². The summed E-state index contributed by atoms with van der Waals surface area (Å²) in [7, 11) is 0. The fourth-order valence-electron chi connectivity index (χ4n) is 1.68. The van der Waals surface area contributed by atoms with Crippen LogP contribution in [0.4, 0.5) is 0 Å². The molecule has 0 saturated heterocycles. The van der Waals surface area contributed by atoms with Crippen molar-refractivity contribution in [3.05, 3.63) is 82.9 Å². The molecule has 2 aromatic rings. The Morgan fingerprint density at radius 3 is 1.17 bits per heavy atom. The van der Waals surface area contributed by atoms with Gasteiger partial charge >= 0.3 is 37.7 Å². The van der Waals surface area contributed by atoms with Crippen LogP contribution >= 0.6 is 0 Å². The van der Waals surface area contributed by atoms with E-state index in [0.29, 0.717) is 0 Å². The van der Waals surface area contributed by atoms with Crippen molar-refractivity contribution in [1.82, 2.24) is 0 Å². The van der Waals surface area contributed by atoms with Gasteiger partial charge in [-0.15, -0.1) is 48.6 Å². The third kappa shape index (κ3) is 3.55. The minimum absolute atomic E-state index is 0. The van der Waals surface area contributed by atoms with Gasteiger partial charge in [-0.25, -0.2) is 0 Å². The van der Waals surface area contributed by atoms with Crippen LogP contribution in [0.25, 0.3) is 12.2 Å². The van der Waals surface area contributed by atoms with Gasteiger partial charge in [0.25, 0.3) is 0 Å². The molecule has 0 aliphatic heterocycles. The van der Waals surface area contributed by atoms with Crippen LogP contribution in [0.5, 0.6) is 0 Å². The number of hydrogen-bond donors (Lipinski definition) is 0. The number of benzene rings is 2. The average molecular weight is 216 g/mol. The molecule has 4 aliphatic rings. The SMILES string of the molecule is [C-]1=Cc2ccc(cc2)C=[C-]c2ccc1cc2.[Li+].[Li+]. The molecule has 0 unspecified atom stereocenters. The largest absolute Gasteiger partial charge is 1.00 e. The predicted octanol–water partition coefficient (Wildman–Crippen LogP) is -2.26. The summed E-state index contributed by atoms with van der Waals surface area (Å²) in [6, 6.07) is 16.6. The van der Waals surface area contributed by atoms with Crippen LogP contribution in [0.1, 0.15) is 22.3 Å². The Morgan fingerprint density at radius 1 is 0.500 bits per heavy atom. The molecule has 0 aromatic heterocycles. The maximum absolute atomic E-state index is 3.27. The Morgan fingerprint density at radius 2 is 0.833 bits per heavy atom. The zero-order valence-electron chi connectivity index (χ0n) is 10.8. The molecule has 2 heteroatoms. The summed E-state index contributed by atoms with van der Waals surface area (Å²) in [5, 5.41) is 0. The van der Waals surface area contributed by atoms with Crippen molar-refractivity contribution in [3.63, 3.8) is 0 Å². The molecule has 0 heterocycles. The molecule has 76 valence electrons. The normalized spacial score (nSPS) is 11.1. The first kappa shape index (κ1) is 15.2. The summed E-state index contributed by atoms with van der Waals surface area (Å²) in [6.45, 7) is 0. The molecule has 4 aliphatic carbocycles. The van der Waals surface area contributed by atoms with Crippen LogP contribution in [0, 0.1) is 12.2 Å². The van der Waals surface area contributed by atoms with Gasteiger partial charge in [-0.2, -0.15) is 35.4 Å². The molecule has 0 spiro atoms. The van der Waals surface area contributed by atoms with Gasteiger partial charge in [-0.3, -0.25) is 0 Å². The average Bonchev–Trinajstić information content (AvgIpc) is 2.33. The smallest absolute Gasteiger partial charge is 0.178 e. The van der Waals surface area contributed by atoms with Crippen LogP contribution in [-0.4, -0.2) is 0 Å². The molecule has 4 bridgehead atoms. The molecule has 0 N–H and O–H groups in total. The van der Waals surface area contributed by atoms with Crippen LogP contribution in [0.15, 0.2) is 48.5 Å². The maximum atomic E-state index is 3.27. The number of hydrogen-bond acceptors (Lipinski definition) is 0. The van der Waals surface area contributed by atoms with Crippen molar-refractivity contribution in [3.8, 4) is 0 Å². The van der Waals surface area contributed by atoms with Crippen molar-refractivity contribution in [2.45, 2.75) is 0 Å². The quantitative estimate of drug-likeness (QED) is 0.294. The minimum Gasteiger partial charge on any atom is -0.178 e. The summed E-state index contributed by atoms with van der Waals surface area (Å²) in [6.07, 6.45) is 10.6. The topological polar surface area (TPSA) is 0 Å². The molecule has 0 radical (unpaired) electrons. The van der Waals surface area contributed by atoms with E-state index in [1.54, 1.807) is 0 Å². The summed E-state index contributed by atoms with van der Waals surface area (Å²) in [5.41, 5.74) is 4.52. The molecule has 0 nitrogen and oxygen atoms in total. The molecular weight excluding hydrogens is 206 g/mol. The first-order valence-electron chi connectivity index (χ1n) is 5.30. The van der Waals surface area contributed by atoms with E-state index in [1.807, 2.05) is 12.2 Å². The first-order chi connectivity index (χ1) is 7.90. The van der Waals surface area contributed by atoms with Crippen LogP contribution < -0.4 is 37.7 Å². The zero-order chi connectivity index (χ0) is 10.8. The Labute approximate surface area is 132 Å². The molecule has 0 saturated carbocycles. The summed E-state index contributed by atoms with van der Waals surface area (Å²) in [5.74, 6) is 0. The molecule has 0 amide bonds. The fourth-order valence-corrected chi connectivity index (χ4v) is 1.68. The first-order valence-corrected chi connectivity index (χ1v) is 5.30. The molecule has 0 atom stereocenters. The van der Waals surface area contributed by atoms with E-state index in [1.165, 1.54) is 11.1 Å². The van der Waals surface area contributed by atoms with Crippen molar-refractivity contribution < 1.29 is 37.7 Å². The van der Waals surface area contributed by atoms with Gasteiger partial charge in [0.1, 0.15) is 0 Å². The summed E-state index contributed by atoms with van der Waals surface area (Å²) in [4.78, 5) is 0. The van der Waals surface area contributed by atoms with E-state index in [0.717, 1.165) is 11.1 Å². The van der Waals surface area contributed by atoms with Crippen molar-refractivity contribution in [2.75, 3.05) is 0 Å². The second-order valence-corrected chi connectivity index (χ2v) is 3.82. The monoisotopic (exact) mass is 216 g/mol. The second-order valence-electron chi connectivity index (χ2n) is 3.82. The maximum Gasteiger partial charge on any atom is 1.00 e. The molecular formula is C16H10Li2. The van der Waals surface area contributed by atoms with E-state index in [4.69, 9.17) is 0 Å². The Balaban J connectivity index is 0.000000810. The second kappa shape index (κ2) is 6.89. The van der Waals surface area contributed by atoms with Crippen LogP contribution in [0.3, 0.4) is 0 Å². The summed E-state index contributed by atoms with van der Waals surface area (Å²) >= 11 is 0. The third-order valence-electron chi connectivity index (χ3n) is 2.63. The Kier molecular flexibility index (Phi) is 5.81. The zero-order valence-corrected chi connectivity index (χ0v) is 10.8. The van der Waals surface area contributed by atoms with Gasteiger partial charge in [0.2, 0.25) is 0 Å². The van der Waals surface area contributed by atoms with Gasteiger partial charge in [0.15, 0.2) is 0 Å². The standard InChI is InChI=1S/C16H10.2Li/c1-2-14-4-3-13(1)9-10-15-5-7-16(8-6-15)12-11-14;;/h1-9,11H;;/q-2;2*+1. The Hall–Kier alpha value is -0.885. The fraction of sp³-hybridized carbons (Fsp3) is 0. The number of rotatable bonds is 0. The van der Waals surface area contributed by atoms with Gasteiger partial charge in [0.05, 0.1) is 0 Å². The predicted molar refractivity (Wildman–Crippen MR) is 66.5 cm³/mol. The molecule has 18 heavy (non-hydrogen) atoms. The molecule has 6 rings (SSSR count). The van der Waals surface area contributed by atoms with E-state index in [-0.39, 0.29) is 37.7 Å². The summed E-state index contributed by atoms with van der Waals surface area (Å²) < 4.78 is 0. The third-order valence-corrected chi connectivity index (χ3v) is 2.63.